The van der Waals surface area contributed by atoms with E-state index in [1.807, 2.05) is 5.57 Å². The average Bonchev–Trinajstić information content (AvgIpc) is 2.76. The van der Waals surface area contributed by atoms with Gasteiger partial charge in [-0.15, -0.1) is 6.58 Å². The summed E-state index contributed by atoms with van der Waals surface area (Å²) in [6, 6.07) is 0. The van der Waals surface area contributed by atoms with Crippen LogP contribution in [-0.4, -0.2) is 0 Å². The third-order valence-electron chi connectivity index (χ3n) is 7.43. The maximum atomic E-state index is 4.09. The van der Waals surface area contributed by atoms with Gasteiger partial charge in [-0.05, 0) is 80.5 Å². The highest BCUT2D eigenvalue weighted by atomic mass is 14.4. The first-order valence-corrected chi connectivity index (χ1v) is 10.5. The quantitative estimate of drug-likeness (QED) is 0.484. The highest BCUT2D eigenvalue weighted by Gasteiger charge is 2.33. The summed E-state index contributed by atoms with van der Waals surface area (Å²) in [6.07, 6.45) is 20.7. The van der Waals surface area contributed by atoms with Crippen molar-refractivity contribution in [3.05, 3.63) is 24.3 Å². The van der Waals surface area contributed by atoms with Crippen molar-refractivity contribution in [3.63, 3.8) is 0 Å². The maximum absolute atomic E-state index is 4.09. The Kier molecular flexibility index (Phi) is 6.05. The molecule has 0 heterocycles. The van der Waals surface area contributed by atoms with E-state index in [2.05, 4.69) is 32.6 Å². The summed E-state index contributed by atoms with van der Waals surface area (Å²) in [6.45, 7) is 9.05. The molecule has 3 aliphatic carbocycles. The molecule has 0 aromatic heterocycles. The lowest BCUT2D eigenvalue weighted by Crippen LogP contribution is -2.26. The Labute approximate surface area is 144 Å². The summed E-state index contributed by atoms with van der Waals surface area (Å²) in [5.41, 5.74) is 1.83. The van der Waals surface area contributed by atoms with Crippen molar-refractivity contribution >= 4 is 0 Å². The van der Waals surface area contributed by atoms with Crippen molar-refractivity contribution in [1.29, 1.82) is 0 Å². The first-order valence-electron chi connectivity index (χ1n) is 10.5. The van der Waals surface area contributed by atoms with E-state index in [0.29, 0.717) is 0 Å². The Morgan fingerprint density at radius 3 is 2.83 bits per heavy atom. The summed E-state index contributed by atoms with van der Waals surface area (Å²) >= 11 is 0. The minimum atomic E-state index is 0.830. The van der Waals surface area contributed by atoms with Gasteiger partial charge in [-0.1, -0.05) is 57.3 Å². The summed E-state index contributed by atoms with van der Waals surface area (Å²) in [7, 11) is 0. The van der Waals surface area contributed by atoms with Gasteiger partial charge in [0.2, 0.25) is 0 Å². The number of fused-ring (bicyclic) bond motifs is 3. The second-order valence-corrected chi connectivity index (χ2v) is 9.03. The van der Waals surface area contributed by atoms with E-state index in [1.54, 1.807) is 0 Å². The predicted molar refractivity (Wildman–Crippen MR) is 101 cm³/mol. The van der Waals surface area contributed by atoms with Crippen molar-refractivity contribution in [2.75, 3.05) is 0 Å². The van der Waals surface area contributed by atoms with Gasteiger partial charge in [-0.3, -0.25) is 0 Å². The molecule has 4 bridgehead atoms. The van der Waals surface area contributed by atoms with Crippen LogP contribution in [0.3, 0.4) is 0 Å². The van der Waals surface area contributed by atoms with Crippen molar-refractivity contribution in [3.8, 4) is 0 Å². The van der Waals surface area contributed by atoms with Gasteiger partial charge in [0.15, 0.2) is 0 Å². The summed E-state index contributed by atoms with van der Waals surface area (Å²) in [4.78, 5) is 0. The molecule has 0 aromatic carbocycles. The molecule has 1 saturated carbocycles. The van der Waals surface area contributed by atoms with Crippen LogP contribution in [0, 0.1) is 35.5 Å². The van der Waals surface area contributed by atoms with Gasteiger partial charge in [-0.25, -0.2) is 0 Å². The lowest BCUT2D eigenvalue weighted by atomic mass is 9.68. The zero-order valence-corrected chi connectivity index (χ0v) is 15.6. The first kappa shape index (κ1) is 17.3. The molecule has 130 valence electrons. The zero-order chi connectivity index (χ0) is 16.2. The van der Waals surface area contributed by atoms with E-state index in [1.165, 1.54) is 70.6 Å². The Hall–Kier alpha value is -0.520. The van der Waals surface area contributed by atoms with Gasteiger partial charge in [0, 0.05) is 0 Å². The van der Waals surface area contributed by atoms with Crippen LogP contribution in [0.25, 0.3) is 0 Å². The molecule has 0 radical (unpaired) electrons. The molecular weight excluding hydrogens is 276 g/mol. The number of hydrogen-bond acceptors (Lipinski definition) is 0. The molecule has 0 spiro atoms. The van der Waals surface area contributed by atoms with Gasteiger partial charge in [-0.2, -0.15) is 0 Å². The Morgan fingerprint density at radius 2 is 2.04 bits per heavy atom. The molecule has 3 aliphatic rings. The van der Waals surface area contributed by atoms with Crippen molar-refractivity contribution in [2.45, 2.75) is 84.5 Å². The molecule has 3 rings (SSSR count). The highest BCUT2D eigenvalue weighted by Crippen LogP contribution is 2.45. The van der Waals surface area contributed by atoms with E-state index in [0.717, 1.165) is 35.5 Å². The molecule has 23 heavy (non-hydrogen) atoms. The normalized spacial score (nSPS) is 41.6. The molecule has 0 nitrogen and oxygen atoms in total. The standard InChI is InChI=1S/C23H38/c1-4-7-22-12-17(3)21-9-6-8-19(15-21)13-20-11-10-18(5-2)14-23(22)16-20/h4,16-19,21-23H,1,5-15H2,2-3H3. The lowest BCUT2D eigenvalue weighted by molar-refractivity contribution is 0.162. The molecule has 6 atom stereocenters. The summed E-state index contributed by atoms with van der Waals surface area (Å²) in [5.74, 6) is 5.55. The fourth-order valence-corrected chi connectivity index (χ4v) is 5.95. The molecule has 0 heteroatoms. The molecule has 6 unspecified atom stereocenters. The number of rotatable bonds is 3. The molecule has 0 saturated heterocycles. The largest absolute Gasteiger partial charge is 0.103 e. The minimum absolute atomic E-state index is 0.830. The zero-order valence-electron chi connectivity index (χ0n) is 15.6. The van der Waals surface area contributed by atoms with E-state index in [-0.39, 0.29) is 0 Å². The molecule has 0 amide bonds. The van der Waals surface area contributed by atoms with Crippen LogP contribution >= 0.6 is 0 Å². The smallest absolute Gasteiger partial charge is 0.0197 e. The van der Waals surface area contributed by atoms with Crippen LogP contribution in [0.1, 0.15) is 84.5 Å². The fourth-order valence-electron chi connectivity index (χ4n) is 5.95. The van der Waals surface area contributed by atoms with Crippen LogP contribution in [0.4, 0.5) is 0 Å². The van der Waals surface area contributed by atoms with E-state index < -0.39 is 0 Å². The molecule has 0 aromatic rings. The van der Waals surface area contributed by atoms with Gasteiger partial charge in [0.1, 0.15) is 0 Å². The SMILES string of the molecule is C=CCC1CC(C)C2CCCC(CC3=CC1CC(CC)CC3)C2. The molecular formula is C23H38. The molecule has 0 aliphatic heterocycles. The van der Waals surface area contributed by atoms with Gasteiger partial charge in [0.25, 0.3) is 0 Å². The van der Waals surface area contributed by atoms with E-state index >= 15 is 0 Å². The van der Waals surface area contributed by atoms with Crippen LogP contribution in [-0.2, 0) is 0 Å². The predicted octanol–water partition coefficient (Wildman–Crippen LogP) is 7.17. The first-order chi connectivity index (χ1) is 11.2. The van der Waals surface area contributed by atoms with Gasteiger partial charge >= 0.3 is 0 Å². The van der Waals surface area contributed by atoms with Crippen LogP contribution in [0.2, 0.25) is 0 Å². The van der Waals surface area contributed by atoms with E-state index in [4.69, 9.17) is 0 Å². The Balaban J connectivity index is 1.87. The summed E-state index contributed by atoms with van der Waals surface area (Å²) in [5, 5.41) is 0. The minimum Gasteiger partial charge on any atom is -0.103 e. The van der Waals surface area contributed by atoms with Gasteiger partial charge < -0.3 is 0 Å². The Bertz CT molecular complexity index is 418. The third kappa shape index (κ3) is 4.31. The second-order valence-electron chi connectivity index (χ2n) is 9.03. The Morgan fingerprint density at radius 1 is 1.17 bits per heavy atom. The molecule has 0 N–H and O–H groups in total. The fraction of sp³-hybridized carbons (Fsp3) is 0.826. The lowest BCUT2D eigenvalue weighted by Gasteiger charge is -2.37. The molecule has 1 fully saturated rings. The van der Waals surface area contributed by atoms with Crippen LogP contribution in [0.5, 0.6) is 0 Å². The van der Waals surface area contributed by atoms with Crippen LogP contribution < -0.4 is 0 Å². The highest BCUT2D eigenvalue weighted by molar-refractivity contribution is 5.11. The van der Waals surface area contributed by atoms with E-state index in [9.17, 15) is 0 Å². The van der Waals surface area contributed by atoms with Crippen LogP contribution in [0.15, 0.2) is 24.3 Å². The third-order valence-corrected chi connectivity index (χ3v) is 7.43. The number of hydrogen-bond donors (Lipinski definition) is 0. The number of allylic oxidation sites excluding steroid dienone is 3. The summed E-state index contributed by atoms with van der Waals surface area (Å²) < 4.78 is 0. The maximum Gasteiger partial charge on any atom is -0.0197 e. The topological polar surface area (TPSA) is 0 Å². The van der Waals surface area contributed by atoms with Gasteiger partial charge in [0.05, 0.1) is 0 Å². The van der Waals surface area contributed by atoms with Crippen molar-refractivity contribution in [1.82, 2.24) is 0 Å². The second kappa shape index (κ2) is 8.04. The van der Waals surface area contributed by atoms with Crippen molar-refractivity contribution in [2.24, 2.45) is 35.5 Å². The average molecular weight is 315 g/mol. The van der Waals surface area contributed by atoms with Crippen molar-refractivity contribution < 1.29 is 0 Å². The monoisotopic (exact) mass is 314 g/mol.